The van der Waals surface area contributed by atoms with Gasteiger partial charge in [0, 0.05) is 12.5 Å². The normalized spacial score (nSPS) is 20.2. The zero-order valence-electron chi connectivity index (χ0n) is 14.7. The summed E-state index contributed by atoms with van der Waals surface area (Å²) in [6, 6.07) is 3.47. The molecule has 2 atom stereocenters. The smallest absolute Gasteiger partial charge is 0.416 e. The van der Waals surface area contributed by atoms with Crippen LogP contribution in [0.15, 0.2) is 24.3 Å². The van der Waals surface area contributed by atoms with Crippen molar-refractivity contribution in [1.29, 1.82) is 0 Å². The fourth-order valence-electron chi connectivity index (χ4n) is 3.20. The first-order valence-corrected chi connectivity index (χ1v) is 8.48. The minimum absolute atomic E-state index is 0.0558. The van der Waals surface area contributed by atoms with Crippen LogP contribution in [-0.2, 0) is 20.5 Å². The number of piperidine rings is 1. The standard InChI is InChI=1S/C18H20F3NO5/c1-2-27-16(24)10-15(23)12-7-8-22(17(25)26)14(9-12)11-3-5-13(6-4-11)18(19,20)21/h3-6,12,14H,2,7-10H2,1H3,(H,25,26). The predicted octanol–water partition coefficient (Wildman–Crippen LogP) is 3.66. The highest BCUT2D eigenvalue weighted by Gasteiger charge is 2.37. The van der Waals surface area contributed by atoms with Gasteiger partial charge in [0.25, 0.3) is 0 Å². The molecule has 1 N–H and O–H groups in total. The monoisotopic (exact) mass is 387 g/mol. The molecule has 1 saturated heterocycles. The number of nitrogens with zero attached hydrogens (tertiary/aromatic N) is 1. The van der Waals surface area contributed by atoms with Crippen molar-refractivity contribution < 1.29 is 37.4 Å². The number of Topliss-reactive ketones (excluding diaryl/α,β-unsaturated/α-hetero) is 1. The predicted molar refractivity (Wildman–Crippen MR) is 87.9 cm³/mol. The molecule has 6 nitrogen and oxygen atoms in total. The molecule has 1 aliphatic heterocycles. The summed E-state index contributed by atoms with van der Waals surface area (Å²) in [6.45, 7) is 1.83. The quantitative estimate of drug-likeness (QED) is 0.616. The topological polar surface area (TPSA) is 83.9 Å². The van der Waals surface area contributed by atoms with Gasteiger partial charge in [-0.1, -0.05) is 12.1 Å². The molecule has 1 amide bonds. The summed E-state index contributed by atoms with van der Waals surface area (Å²) in [4.78, 5) is 36.4. The van der Waals surface area contributed by atoms with Crippen molar-refractivity contribution in [3.8, 4) is 0 Å². The summed E-state index contributed by atoms with van der Waals surface area (Å²) in [6.07, 6.45) is -5.74. The number of halogens is 3. The van der Waals surface area contributed by atoms with Gasteiger partial charge in [-0.15, -0.1) is 0 Å². The molecule has 0 radical (unpaired) electrons. The first kappa shape index (κ1) is 20.7. The number of amides is 1. The number of hydrogen-bond acceptors (Lipinski definition) is 4. The van der Waals surface area contributed by atoms with Gasteiger partial charge in [-0.05, 0) is 37.5 Å². The van der Waals surface area contributed by atoms with Crippen molar-refractivity contribution in [3.63, 3.8) is 0 Å². The number of carbonyl (C=O) groups excluding carboxylic acids is 2. The number of rotatable bonds is 5. The molecule has 2 unspecified atom stereocenters. The molecule has 148 valence electrons. The molecule has 9 heteroatoms. The zero-order valence-corrected chi connectivity index (χ0v) is 14.7. The summed E-state index contributed by atoms with van der Waals surface area (Å²) in [7, 11) is 0. The van der Waals surface area contributed by atoms with E-state index in [0.29, 0.717) is 5.56 Å². The van der Waals surface area contributed by atoms with Crippen LogP contribution in [0.1, 0.15) is 43.4 Å². The summed E-state index contributed by atoms with van der Waals surface area (Å²) >= 11 is 0. The molecule has 0 bridgehead atoms. The Morgan fingerprint density at radius 1 is 1.22 bits per heavy atom. The third-order valence-corrected chi connectivity index (χ3v) is 4.55. The Kier molecular flexibility index (Phi) is 6.45. The molecule has 0 spiro atoms. The fourth-order valence-corrected chi connectivity index (χ4v) is 3.20. The molecule has 1 aliphatic rings. The van der Waals surface area contributed by atoms with Crippen LogP contribution in [0.3, 0.4) is 0 Å². The van der Waals surface area contributed by atoms with E-state index in [1.54, 1.807) is 6.92 Å². The Morgan fingerprint density at radius 3 is 2.37 bits per heavy atom. The van der Waals surface area contributed by atoms with Gasteiger partial charge in [0.15, 0.2) is 0 Å². The maximum absolute atomic E-state index is 12.7. The number of ketones is 1. The van der Waals surface area contributed by atoms with Gasteiger partial charge in [0.1, 0.15) is 12.2 Å². The van der Waals surface area contributed by atoms with E-state index in [9.17, 15) is 32.7 Å². The molecule has 1 aromatic carbocycles. The van der Waals surface area contributed by atoms with Crippen LogP contribution in [0.2, 0.25) is 0 Å². The van der Waals surface area contributed by atoms with Crippen LogP contribution in [-0.4, -0.2) is 41.0 Å². The highest BCUT2D eigenvalue weighted by Crippen LogP contribution is 2.37. The Morgan fingerprint density at radius 2 is 1.85 bits per heavy atom. The number of alkyl halides is 3. The number of likely N-dealkylation sites (tertiary alicyclic amines) is 1. The molecule has 1 aromatic rings. The van der Waals surface area contributed by atoms with E-state index >= 15 is 0 Å². The van der Waals surface area contributed by atoms with Gasteiger partial charge in [-0.3, -0.25) is 9.59 Å². The average molecular weight is 387 g/mol. The Balaban J connectivity index is 2.18. The van der Waals surface area contributed by atoms with Crippen molar-refractivity contribution in [2.45, 2.75) is 38.4 Å². The van der Waals surface area contributed by atoms with Crippen molar-refractivity contribution in [2.75, 3.05) is 13.2 Å². The number of carboxylic acid groups (broad SMARTS) is 1. The van der Waals surface area contributed by atoms with E-state index in [0.717, 1.165) is 17.0 Å². The van der Waals surface area contributed by atoms with E-state index in [2.05, 4.69) is 0 Å². The van der Waals surface area contributed by atoms with Crippen molar-refractivity contribution in [1.82, 2.24) is 4.90 Å². The molecular weight excluding hydrogens is 367 g/mol. The lowest BCUT2D eigenvalue weighted by Gasteiger charge is -2.37. The summed E-state index contributed by atoms with van der Waals surface area (Å²) in [5.74, 6) is -1.55. The van der Waals surface area contributed by atoms with Crippen molar-refractivity contribution >= 4 is 17.8 Å². The molecule has 0 aliphatic carbocycles. The van der Waals surface area contributed by atoms with Crippen LogP contribution in [0.25, 0.3) is 0 Å². The lowest BCUT2D eigenvalue weighted by atomic mass is 9.83. The summed E-state index contributed by atoms with van der Waals surface area (Å²) in [5.41, 5.74) is -0.460. The third kappa shape index (κ3) is 5.21. The second-order valence-corrected chi connectivity index (χ2v) is 6.28. The second-order valence-electron chi connectivity index (χ2n) is 6.28. The lowest BCUT2D eigenvalue weighted by Crippen LogP contribution is -2.42. The van der Waals surface area contributed by atoms with Crippen LogP contribution in [0.5, 0.6) is 0 Å². The fraction of sp³-hybridized carbons (Fsp3) is 0.500. The lowest BCUT2D eigenvalue weighted by molar-refractivity contribution is -0.146. The summed E-state index contributed by atoms with van der Waals surface area (Å²) < 4.78 is 42.9. The van der Waals surface area contributed by atoms with E-state index in [-0.39, 0.29) is 31.8 Å². The van der Waals surface area contributed by atoms with Gasteiger partial charge in [0.05, 0.1) is 18.2 Å². The number of benzene rings is 1. The third-order valence-electron chi connectivity index (χ3n) is 4.55. The molecule has 2 rings (SSSR count). The molecule has 0 aromatic heterocycles. The van der Waals surface area contributed by atoms with Gasteiger partial charge in [-0.2, -0.15) is 13.2 Å². The Hall–Kier alpha value is -2.58. The van der Waals surface area contributed by atoms with Crippen molar-refractivity contribution in [2.24, 2.45) is 5.92 Å². The number of hydrogen-bond donors (Lipinski definition) is 1. The van der Waals surface area contributed by atoms with Gasteiger partial charge >= 0.3 is 18.2 Å². The largest absolute Gasteiger partial charge is 0.466 e. The average Bonchev–Trinajstić information content (AvgIpc) is 2.60. The maximum atomic E-state index is 12.7. The van der Waals surface area contributed by atoms with Gasteiger partial charge in [0.2, 0.25) is 0 Å². The maximum Gasteiger partial charge on any atom is 0.416 e. The van der Waals surface area contributed by atoms with Crippen LogP contribution < -0.4 is 0 Å². The minimum Gasteiger partial charge on any atom is -0.466 e. The highest BCUT2D eigenvalue weighted by molar-refractivity contribution is 5.96. The van der Waals surface area contributed by atoms with E-state index in [4.69, 9.17) is 4.74 Å². The first-order chi connectivity index (χ1) is 12.6. The highest BCUT2D eigenvalue weighted by atomic mass is 19.4. The van der Waals surface area contributed by atoms with E-state index in [1.807, 2.05) is 0 Å². The van der Waals surface area contributed by atoms with Crippen LogP contribution >= 0.6 is 0 Å². The first-order valence-electron chi connectivity index (χ1n) is 8.48. The zero-order chi connectivity index (χ0) is 20.2. The second kappa shape index (κ2) is 8.41. The minimum atomic E-state index is -4.49. The van der Waals surface area contributed by atoms with E-state index < -0.39 is 42.2 Å². The summed E-state index contributed by atoms with van der Waals surface area (Å²) in [5, 5.41) is 9.38. The molecule has 1 heterocycles. The van der Waals surface area contributed by atoms with E-state index in [1.165, 1.54) is 12.1 Å². The van der Waals surface area contributed by atoms with Gasteiger partial charge in [-0.25, -0.2) is 4.79 Å². The molecule has 0 saturated carbocycles. The SMILES string of the molecule is CCOC(=O)CC(=O)C1CCN(C(=O)O)C(c2ccc(C(F)(F)F)cc2)C1. The number of carbonyl (C=O) groups is 3. The number of esters is 1. The molecular formula is C18H20F3NO5. The number of ether oxygens (including phenoxy) is 1. The van der Waals surface area contributed by atoms with Crippen LogP contribution in [0, 0.1) is 5.92 Å². The van der Waals surface area contributed by atoms with Crippen molar-refractivity contribution in [3.05, 3.63) is 35.4 Å². The van der Waals surface area contributed by atoms with Gasteiger partial charge < -0.3 is 14.7 Å². The van der Waals surface area contributed by atoms with Crippen LogP contribution in [0.4, 0.5) is 18.0 Å². The Bertz CT molecular complexity index is 702. The molecule has 1 fully saturated rings. The molecule has 27 heavy (non-hydrogen) atoms. The Labute approximate surface area is 153 Å².